The predicted octanol–water partition coefficient (Wildman–Crippen LogP) is 4.22. The highest BCUT2D eigenvalue weighted by molar-refractivity contribution is 5.27. The van der Waals surface area contributed by atoms with E-state index in [1.165, 1.54) is 5.56 Å². The Morgan fingerprint density at radius 3 is 2.15 bits per heavy atom. The van der Waals surface area contributed by atoms with Crippen molar-refractivity contribution in [2.75, 3.05) is 33.0 Å². The molecule has 0 aliphatic heterocycles. The van der Waals surface area contributed by atoms with Crippen LogP contribution in [0.15, 0.2) is 84.9 Å². The van der Waals surface area contributed by atoms with Gasteiger partial charge in [0.1, 0.15) is 30.8 Å². The molecule has 0 aliphatic rings. The fraction of sp³-hybridized carbons (Fsp3) is 0.357. The van der Waals surface area contributed by atoms with Crippen molar-refractivity contribution in [2.45, 2.75) is 32.0 Å². The quantitative estimate of drug-likeness (QED) is 0.244. The maximum Gasteiger partial charge on any atom is 0.119 e. The maximum absolute atomic E-state index is 10.0. The molecule has 0 heterocycles. The molecule has 0 radical (unpaired) electrons. The van der Waals surface area contributed by atoms with Gasteiger partial charge in [0, 0.05) is 6.42 Å². The maximum atomic E-state index is 10.0. The number of aliphatic hydroxyl groups excluding tert-OH is 1. The number of nitrogens with one attached hydrogen (secondary N) is 1. The van der Waals surface area contributed by atoms with Gasteiger partial charge in [-0.2, -0.15) is 5.48 Å². The van der Waals surface area contributed by atoms with E-state index in [2.05, 4.69) is 17.6 Å². The van der Waals surface area contributed by atoms with Crippen molar-refractivity contribution in [3.63, 3.8) is 0 Å². The number of ether oxygens (including phenoxy) is 3. The molecule has 2 atom stereocenters. The lowest BCUT2D eigenvalue weighted by atomic mass is 10.1. The zero-order valence-electron chi connectivity index (χ0n) is 19.8. The van der Waals surface area contributed by atoms with Gasteiger partial charge in [-0.1, -0.05) is 60.7 Å². The van der Waals surface area contributed by atoms with Gasteiger partial charge in [-0.25, -0.2) is 0 Å². The Labute approximate surface area is 202 Å². The second kappa shape index (κ2) is 15.1. The molecule has 6 heteroatoms. The molecular formula is C28H35NO5. The highest BCUT2D eigenvalue weighted by Gasteiger charge is 2.08. The Balaban J connectivity index is 1.23. The molecule has 0 aliphatic carbocycles. The average molecular weight is 466 g/mol. The van der Waals surface area contributed by atoms with Crippen molar-refractivity contribution in [3.05, 3.63) is 96.1 Å². The Morgan fingerprint density at radius 2 is 1.41 bits per heavy atom. The Morgan fingerprint density at radius 1 is 0.735 bits per heavy atom. The van der Waals surface area contributed by atoms with Gasteiger partial charge in [0.15, 0.2) is 0 Å². The fourth-order valence-corrected chi connectivity index (χ4v) is 3.31. The average Bonchev–Trinajstić information content (AvgIpc) is 2.87. The van der Waals surface area contributed by atoms with Crippen LogP contribution in [0, 0.1) is 0 Å². The number of benzene rings is 3. The third-order valence-corrected chi connectivity index (χ3v) is 5.11. The van der Waals surface area contributed by atoms with Crippen LogP contribution in [0.4, 0.5) is 0 Å². The number of hydrogen-bond donors (Lipinski definition) is 2. The number of rotatable bonds is 16. The minimum atomic E-state index is -0.661. The molecular weight excluding hydrogens is 430 g/mol. The smallest absolute Gasteiger partial charge is 0.119 e. The van der Waals surface area contributed by atoms with Crippen molar-refractivity contribution in [3.8, 4) is 11.5 Å². The summed E-state index contributed by atoms with van der Waals surface area (Å²) in [6.45, 7) is 4.25. The molecule has 182 valence electrons. The van der Waals surface area contributed by atoms with E-state index in [0.29, 0.717) is 19.8 Å². The van der Waals surface area contributed by atoms with Crippen LogP contribution in [0.2, 0.25) is 0 Å². The molecule has 3 rings (SSSR count). The predicted molar refractivity (Wildman–Crippen MR) is 133 cm³/mol. The first-order valence-corrected chi connectivity index (χ1v) is 11.8. The number of hydroxylamine groups is 1. The van der Waals surface area contributed by atoms with Crippen LogP contribution in [0.25, 0.3) is 0 Å². The van der Waals surface area contributed by atoms with Crippen molar-refractivity contribution < 1.29 is 24.2 Å². The van der Waals surface area contributed by atoms with Crippen LogP contribution in [-0.4, -0.2) is 50.3 Å². The second-order valence-electron chi connectivity index (χ2n) is 8.10. The highest BCUT2D eigenvalue weighted by Crippen LogP contribution is 2.14. The zero-order chi connectivity index (χ0) is 23.8. The van der Waals surface area contributed by atoms with E-state index in [0.717, 1.165) is 29.9 Å². The third-order valence-electron chi connectivity index (χ3n) is 5.11. The fourth-order valence-electron chi connectivity index (χ4n) is 3.31. The van der Waals surface area contributed by atoms with E-state index in [1.54, 1.807) is 0 Å². The standard InChI is InChI=1S/C28H35NO5/c1-23(34-29-21-26(30)22-33-27-10-6-3-7-11-27)20-25-12-14-28(15-13-25)32-19-18-31-17-16-24-8-4-2-5-9-24/h2-15,23,26,29-30H,16-22H2,1H3/t23-,26+/m1/s1. The lowest BCUT2D eigenvalue weighted by molar-refractivity contribution is -0.0368. The first-order valence-electron chi connectivity index (χ1n) is 11.8. The molecule has 0 saturated carbocycles. The summed E-state index contributed by atoms with van der Waals surface area (Å²) in [5.41, 5.74) is 5.26. The summed E-state index contributed by atoms with van der Waals surface area (Å²) < 4.78 is 16.9. The summed E-state index contributed by atoms with van der Waals surface area (Å²) in [7, 11) is 0. The van der Waals surface area contributed by atoms with Crippen molar-refractivity contribution >= 4 is 0 Å². The molecule has 34 heavy (non-hydrogen) atoms. The van der Waals surface area contributed by atoms with Crippen LogP contribution < -0.4 is 15.0 Å². The SMILES string of the molecule is C[C@H](Cc1ccc(OCCOCCc2ccccc2)cc1)ONC[C@H](O)COc1ccccc1. The van der Waals surface area contributed by atoms with E-state index in [9.17, 15) is 5.11 Å². The van der Waals surface area contributed by atoms with Crippen LogP contribution in [0.3, 0.4) is 0 Å². The molecule has 3 aromatic carbocycles. The van der Waals surface area contributed by atoms with Crippen molar-refractivity contribution in [1.29, 1.82) is 0 Å². The van der Waals surface area contributed by atoms with Crippen molar-refractivity contribution in [1.82, 2.24) is 5.48 Å². The lowest BCUT2D eigenvalue weighted by Gasteiger charge is -2.17. The molecule has 0 aromatic heterocycles. The monoisotopic (exact) mass is 465 g/mol. The summed E-state index contributed by atoms with van der Waals surface area (Å²) in [5.74, 6) is 1.56. The van der Waals surface area contributed by atoms with Crippen LogP contribution in [0.1, 0.15) is 18.1 Å². The van der Waals surface area contributed by atoms with Gasteiger partial charge in [0.2, 0.25) is 0 Å². The first-order chi connectivity index (χ1) is 16.7. The van der Waals surface area contributed by atoms with E-state index < -0.39 is 6.10 Å². The summed E-state index contributed by atoms with van der Waals surface area (Å²) in [6.07, 6.45) is 0.940. The highest BCUT2D eigenvalue weighted by atomic mass is 16.7. The summed E-state index contributed by atoms with van der Waals surface area (Å²) in [5, 5.41) is 10.0. The molecule has 0 fully saturated rings. The zero-order valence-corrected chi connectivity index (χ0v) is 19.8. The van der Waals surface area contributed by atoms with Crippen LogP contribution >= 0.6 is 0 Å². The Bertz CT molecular complexity index is 905. The van der Waals surface area contributed by atoms with E-state index in [1.807, 2.05) is 79.7 Å². The van der Waals surface area contributed by atoms with Gasteiger partial charge in [-0.3, -0.25) is 4.84 Å². The van der Waals surface area contributed by atoms with E-state index in [-0.39, 0.29) is 19.3 Å². The molecule has 2 N–H and O–H groups in total. The largest absolute Gasteiger partial charge is 0.491 e. The number of para-hydroxylation sites is 1. The summed E-state index contributed by atoms with van der Waals surface area (Å²) >= 11 is 0. The van der Waals surface area contributed by atoms with Crippen LogP contribution in [0.5, 0.6) is 11.5 Å². The minimum Gasteiger partial charge on any atom is -0.491 e. The normalized spacial score (nSPS) is 12.8. The third kappa shape index (κ3) is 10.4. The summed E-state index contributed by atoms with van der Waals surface area (Å²) in [6, 6.07) is 27.7. The van der Waals surface area contributed by atoms with Gasteiger partial charge in [0.25, 0.3) is 0 Å². The first kappa shape index (κ1) is 25.7. The van der Waals surface area contributed by atoms with Gasteiger partial charge in [-0.15, -0.1) is 0 Å². The van der Waals surface area contributed by atoms with E-state index in [4.69, 9.17) is 19.0 Å². The van der Waals surface area contributed by atoms with Crippen LogP contribution in [-0.2, 0) is 22.4 Å². The molecule has 0 amide bonds. The molecule has 0 bridgehead atoms. The Hall–Kier alpha value is -2.90. The number of aliphatic hydroxyl groups is 1. The lowest BCUT2D eigenvalue weighted by Crippen LogP contribution is -2.34. The molecule has 0 unspecified atom stereocenters. The van der Waals surface area contributed by atoms with E-state index >= 15 is 0 Å². The topological polar surface area (TPSA) is 69.2 Å². The molecule has 3 aromatic rings. The minimum absolute atomic E-state index is 0.0491. The molecule has 6 nitrogen and oxygen atoms in total. The van der Waals surface area contributed by atoms with Gasteiger partial charge in [-0.05, 0) is 48.7 Å². The summed E-state index contributed by atoms with van der Waals surface area (Å²) in [4.78, 5) is 5.62. The van der Waals surface area contributed by atoms with Gasteiger partial charge >= 0.3 is 0 Å². The second-order valence-corrected chi connectivity index (χ2v) is 8.10. The van der Waals surface area contributed by atoms with Gasteiger partial charge < -0.3 is 19.3 Å². The molecule has 0 spiro atoms. The van der Waals surface area contributed by atoms with Gasteiger partial charge in [0.05, 0.1) is 25.9 Å². The molecule has 0 saturated heterocycles. The number of hydrogen-bond acceptors (Lipinski definition) is 6. The van der Waals surface area contributed by atoms with Crippen molar-refractivity contribution in [2.24, 2.45) is 0 Å². The Kier molecular flexibility index (Phi) is 11.4.